The molecule has 0 aromatic carbocycles. The molecule has 0 aliphatic rings. The Bertz CT molecular complexity index is 220. The normalized spacial score (nSPS) is 13.1. The van der Waals surface area contributed by atoms with Gasteiger partial charge in [-0.05, 0) is 46.8 Å². The lowest BCUT2D eigenvalue weighted by molar-refractivity contribution is -0.143. The van der Waals surface area contributed by atoms with Crippen molar-refractivity contribution in [2.24, 2.45) is 0 Å². The molecule has 4 heteroatoms. The predicted molar refractivity (Wildman–Crippen MR) is 75.7 cm³/mol. The molecule has 0 amide bonds. The number of nitrogens with zero attached hydrogens (tertiary/aromatic N) is 1. The van der Waals surface area contributed by atoms with Crippen LogP contribution in [-0.2, 0) is 9.53 Å². The fraction of sp³-hybridized carbons (Fsp3) is 0.929. The first kappa shape index (κ1) is 17.4. The van der Waals surface area contributed by atoms with Crippen LogP contribution in [0, 0.1) is 0 Å². The Morgan fingerprint density at radius 1 is 1.33 bits per heavy atom. The number of hydrogen-bond donors (Lipinski definition) is 1. The average molecular weight is 258 g/mol. The number of ether oxygens (including phenoxy) is 1. The topological polar surface area (TPSA) is 41.6 Å². The van der Waals surface area contributed by atoms with E-state index in [1.165, 1.54) is 7.11 Å². The van der Waals surface area contributed by atoms with Crippen LogP contribution in [-0.4, -0.2) is 50.2 Å². The van der Waals surface area contributed by atoms with E-state index in [-0.39, 0.29) is 12.0 Å². The minimum absolute atomic E-state index is 0.138. The highest BCUT2D eigenvalue weighted by Crippen LogP contribution is 2.03. The fourth-order valence-electron chi connectivity index (χ4n) is 1.72. The van der Waals surface area contributed by atoms with Gasteiger partial charge in [0.05, 0.1) is 7.11 Å². The summed E-state index contributed by atoms with van der Waals surface area (Å²) in [4.78, 5) is 13.9. The molecule has 0 aromatic heterocycles. The largest absolute Gasteiger partial charge is 0.468 e. The van der Waals surface area contributed by atoms with E-state index in [0.717, 1.165) is 38.8 Å². The molecule has 0 spiro atoms. The van der Waals surface area contributed by atoms with Crippen LogP contribution >= 0.6 is 0 Å². The van der Waals surface area contributed by atoms with E-state index in [9.17, 15) is 4.79 Å². The first-order chi connectivity index (χ1) is 8.52. The first-order valence-corrected chi connectivity index (χ1v) is 7.04. The van der Waals surface area contributed by atoms with Crippen LogP contribution in [0.2, 0.25) is 0 Å². The summed E-state index contributed by atoms with van der Waals surface area (Å²) in [6.07, 6.45) is 4.07. The molecule has 0 heterocycles. The third-order valence-electron chi connectivity index (χ3n) is 3.29. The van der Waals surface area contributed by atoms with Crippen LogP contribution < -0.4 is 5.32 Å². The quantitative estimate of drug-likeness (QED) is 0.481. The number of rotatable bonds is 10. The molecule has 0 fully saturated rings. The molecule has 0 radical (unpaired) electrons. The minimum Gasteiger partial charge on any atom is -0.468 e. The number of hydrogen-bond acceptors (Lipinski definition) is 4. The van der Waals surface area contributed by atoms with Gasteiger partial charge in [-0.3, -0.25) is 4.79 Å². The Balaban J connectivity index is 3.85. The van der Waals surface area contributed by atoms with Crippen LogP contribution in [0.25, 0.3) is 0 Å². The van der Waals surface area contributed by atoms with Crippen LogP contribution in [0.15, 0.2) is 0 Å². The molecular formula is C14H30N2O2. The summed E-state index contributed by atoms with van der Waals surface area (Å²) in [6, 6.07) is 0.431. The molecule has 0 bridgehead atoms. The van der Waals surface area contributed by atoms with Crippen molar-refractivity contribution < 1.29 is 9.53 Å². The molecule has 1 N–H and O–H groups in total. The second-order valence-corrected chi connectivity index (χ2v) is 5.10. The van der Waals surface area contributed by atoms with Gasteiger partial charge in [0.15, 0.2) is 0 Å². The summed E-state index contributed by atoms with van der Waals surface area (Å²) in [5.41, 5.74) is 0. The number of nitrogens with one attached hydrogen (secondary N) is 1. The van der Waals surface area contributed by atoms with E-state index in [0.29, 0.717) is 6.04 Å². The van der Waals surface area contributed by atoms with Crippen LogP contribution in [0.1, 0.15) is 46.5 Å². The molecule has 0 rings (SSSR count). The summed E-state index contributed by atoms with van der Waals surface area (Å²) in [5.74, 6) is -0.138. The summed E-state index contributed by atoms with van der Waals surface area (Å²) in [6.45, 7) is 8.41. The van der Waals surface area contributed by atoms with E-state index in [1.807, 2.05) is 0 Å². The maximum absolute atomic E-state index is 11.6. The van der Waals surface area contributed by atoms with Crippen molar-refractivity contribution in [2.45, 2.75) is 58.5 Å². The molecule has 108 valence electrons. The lowest BCUT2D eigenvalue weighted by atomic mass is 10.1. The van der Waals surface area contributed by atoms with Gasteiger partial charge in [-0.1, -0.05) is 19.8 Å². The van der Waals surface area contributed by atoms with Gasteiger partial charge >= 0.3 is 5.97 Å². The maximum atomic E-state index is 11.6. The molecular weight excluding hydrogens is 228 g/mol. The van der Waals surface area contributed by atoms with Gasteiger partial charge < -0.3 is 15.0 Å². The summed E-state index contributed by atoms with van der Waals surface area (Å²) < 4.78 is 4.81. The highest BCUT2D eigenvalue weighted by atomic mass is 16.5. The summed E-state index contributed by atoms with van der Waals surface area (Å²) in [5, 5.41) is 3.30. The van der Waals surface area contributed by atoms with Crippen LogP contribution in [0.3, 0.4) is 0 Å². The molecule has 1 atom stereocenters. The maximum Gasteiger partial charge on any atom is 0.322 e. The van der Waals surface area contributed by atoms with Crippen molar-refractivity contribution in [3.05, 3.63) is 0 Å². The Kier molecular flexibility index (Phi) is 9.98. The number of unbranched alkanes of at least 4 members (excludes halogenated alkanes) is 1. The lowest BCUT2D eigenvalue weighted by Gasteiger charge is -2.22. The van der Waals surface area contributed by atoms with Gasteiger partial charge in [-0.25, -0.2) is 0 Å². The van der Waals surface area contributed by atoms with E-state index in [2.05, 4.69) is 38.0 Å². The average Bonchev–Trinajstić information content (AvgIpc) is 2.36. The van der Waals surface area contributed by atoms with Crippen molar-refractivity contribution in [3.8, 4) is 0 Å². The zero-order chi connectivity index (χ0) is 14.0. The SMILES string of the molecule is CCCCC(NCCCN(C)C(C)C)C(=O)OC. The Morgan fingerprint density at radius 3 is 2.50 bits per heavy atom. The smallest absolute Gasteiger partial charge is 0.322 e. The monoisotopic (exact) mass is 258 g/mol. The van der Waals surface area contributed by atoms with Crippen molar-refractivity contribution in [2.75, 3.05) is 27.2 Å². The second kappa shape index (κ2) is 10.3. The molecule has 4 nitrogen and oxygen atoms in total. The minimum atomic E-state index is -0.140. The molecule has 0 aliphatic carbocycles. The van der Waals surface area contributed by atoms with E-state index in [1.54, 1.807) is 0 Å². The van der Waals surface area contributed by atoms with E-state index < -0.39 is 0 Å². The van der Waals surface area contributed by atoms with Gasteiger partial charge in [0.2, 0.25) is 0 Å². The van der Waals surface area contributed by atoms with E-state index in [4.69, 9.17) is 4.74 Å². The van der Waals surface area contributed by atoms with Crippen LogP contribution in [0.5, 0.6) is 0 Å². The summed E-state index contributed by atoms with van der Waals surface area (Å²) in [7, 11) is 3.58. The van der Waals surface area contributed by atoms with Gasteiger partial charge in [0.25, 0.3) is 0 Å². The van der Waals surface area contributed by atoms with Gasteiger partial charge in [-0.15, -0.1) is 0 Å². The zero-order valence-corrected chi connectivity index (χ0v) is 12.7. The Labute approximate surface area is 112 Å². The molecule has 1 unspecified atom stereocenters. The molecule has 0 saturated heterocycles. The first-order valence-electron chi connectivity index (χ1n) is 7.04. The standard InChI is InChI=1S/C14H30N2O2/c1-6-7-9-13(14(17)18-5)15-10-8-11-16(4)12(2)3/h12-13,15H,6-11H2,1-5H3. The Hall–Kier alpha value is -0.610. The van der Waals surface area contributed by atoms with E-state index >= 15 is 0 Å². The highest BCUT2D eigenvalue weighted by Gasteiger charge is 2.17. The van der Waals surface area contributed by atoms with Gasteiger partial charge in [0, 0.05) is 6.04 Å². The molecule has 0 aliphatic heterocycles. The Morgan fingerprint density at radius 2 is 2.00 bits per heavy atom. The molecule has 18 heavy (non-hydrogen) atoms. The van der Waals surface area contributed by atoms with Crippen molar-refractivity contribution in [1.29, 1.82) is 0 Å². The number of esters is 1. The third kappa shape index (κ3) is 7.67. The van der Waals surface area contributed by atoms with Crippen molar-refractivity contribution in [3.63, 3.8) is 0 Å². The number of methoxy groups -OCH3 is 1. The highest BCUT2D eigenvalue weighted by molar-refractivity contribution is 5.75. The van der Waals surface area contributed by atoms with Crippen molar-refractivity contribution in [1.82, 2.24) is 10.2 Å². The number of carbonyl (C=O) groups is 1. The summed E-state index contributed by atoms with van der Waals surface area (Å²) >= 11 is 0. The fourth-order valence-corrected chi connectivity index (χ4v) is 1.72. The molecule has 0 saturated carbocycles. The lowest BCUT2D eigenvalue weighted by Crippen LogP contribution is -2.39. The van der Waals surface area contributed by atoms with Crippen LogP contribution in [0.4, 0.5) is 0 Å². The van der Waals surface area contributed by atoms with Crippen molar-refractivity contribution >= 4 is 5.97 Å². The third-order valence-corrected chi connectivity index (χ3v) is 3.29. The predicted octanol–water partition coefficient (Wildman–Crippen LogP) is 2.04. The molecule has 0 aromatic rings. The van der Waals surface area contributed by atoms with Gasteiger partial charge in [-0.2, -0.15) is 0 Å². The zero-order valence-electron chi connectivity index (χ0n) is 12.7. The second-order valence-electron chi connectivity index (χ2n) is 5.10. The van der Waals surface area contributed by atoms with Gasteiger partial charge in [0.1, 0.15) is 6.04 Å². The number of carbonyl (C=O) groups excluding carboxylic acids is 1.